The van der Waals surface area contributed by atoms with E-state index in [4.69, 9.17) is 10.00 Å². The monoisotopic (exact) mass is 270 g/mol. The van der Waals surface area contributed by atoms with Crippen molar-refractivity contribution >= 4 is 0 Å². The molecule has 0 bridgehead atoms. The van der Waals surface area contributed by atoms with Crippen LogP contribution in [0.1, 0.15) is 24.1 Å². The summed E-state index contributed by atoms with van der Waals surface area (Å²) in [5, 5.41) is 11.9. The molecule has 102 valence electrons. The third-order valence-corrected chi connectivity index (χ3v) is 3.07. The predicted octanol–water partition coefficient (Wildman–Crippen LogP) is 3.77. The molecule has 0 aliphatic heterocycles. The molecule has 0 fully saturated rings. The number of hydrogen-bond donors (Lipinski definition) is 1. The molecule has 0 aliphatic rings. The van der Waals surface area contributed by atoms with Gasteiger partial charge in [0.05, 0.1) is 11.6 Å². The Labute approximate surface area is 117 Å². The highest BCUT2D eigenvalue weighted by molar-refractivity contribution is 5.43. The minimum Gasteiger partial charge on any atom is -0.457 e. The highest BCUT2D eigenvalue weighted by Crippen LogP contribution is 2.31. The third-order valence-electron chi connectivity index (χ3n) is 3.07. The SMILES string of the molecule is CNC(C)c1c(F)cccc1Oc1cccc(C#N)c1. The molecule has 1 N–H and O–H groups in total. The number of benzene rings is 2. The minimum absolute atomic E-state index is 0.176. The second-order valence-corrected chi connectivity index (χ2v) is 4.40. The van der Waals surface area contributed by atoms with E-state index in [1.807, 2.05) is 13.0 Å². The fourth-order valence-corrected chi connectivity index (χ4v) is 1.93. The van der Waals surface area contributed by atoms with Crippen LogP contribution in [0, 0.1) is 17.1 Å². The van der Waals surface area contributed by atoms with Crippen molar-refractivity contribution in [1.82, 2.24) is 5.32 Å². The maximum Gasteiger partial charge on any atom is 0.135 e. The molecule has 4 heteroatoms. The summed E-state index contributed by atoms with van der Waals surface area (Å²) in [5.74, 6) is 0.641. The zero-order chi connectivity index (χ0) is 14.5. The van der Waals surface area contributed by atoms with Crippen LogP contribution in [0.5, 0.6) is 11.5 Å². The van der Waals surface area contributed by atoms with Gasteiger partial charge < -0.3 is 10.1 Å². The summed E-state index contributed by atoms with van der Waals surface area (Å²) in [6.45, 7) is 1.86. The van der Waals surface area contributed by atoms with Gasteiger partial charge in [0, 0.05) is 11.6 Å². The number of ether oxygens (including phenoxy) is 1. The van der Waals surface area contributed by atoms with Crippen LogP contribution in [0.4, 0.5) is 4.39 Å². The average Bonchev–Trinajstić information content (AvgIpc) is 2.47. The van der Waals surface area contributed by atoms with Crippen LogP contribution in [-0.2, 0) is 0 Å². The van der Waals surface area contributed by atoms with Crippen molar-refractivity contribution in [1.29, 1.82) is 5.26 Å². The van der Waals surface area contributed by atoms with Gasteiger partial charge in [0.15, 0.2) is 0 Å². The van der Waals surface area contributed by atoms with Gasteiger partial charge in [-0.15, -0.1) is 0 Å². The Balaban J connectivity index is 2.38. The lowest BCUT2D eigenvalue weighted by Gasteiger charge is -2.17. The molecular weight excluding hydrogens is 255 g/mol. The Morgan fingerprint density at radius 3 is 2.70 bits per heavy atom. The molecule has 2 aromatic rings. The Bertz CT molecular complexity index is 649. The van der Waals surface area contributed by atoms with Crippen molar-refractivity contribution in [3.63, 3.8) is 0 Å². The van der Waals surface area contributed by atoms with Crippen LogP contribution < -0.4 is 10.1 Å². The topological polar surface area (TPSA) is 45.0 Å². The summed E-state index contributed by atoms with van der Waals surface area (Å²) in [7, 11) is 1.76. The number of halogens is 1. The highest BCUT2D eigenvalue weighted by atomic mass is 19.1. The molecule has 0 radical (unpaired) electrons. The fraction of sp³-hybridized carbons (Fsp3) is 0.188. The maximum absolute atomic E-state index is 14.0. The second kappa shape index (κ2) is 6.18. The zero-order valence-electron chi connectivity index (χ0n) is 11.4. The lowest BCUT2D eigenvalue weighted by molar-refractivity contribution is 0.452. The van der Waals surface area contributed by atoms with E-state index in [0.717, 1.165) is 0 Å². The van der Waals surface area contributed by atoms with E-state index in [1.165, 1.54) is 6.07 Å². The highest BCUT2D eigenvalue weighted by Gasteiger charge is 2.16. The molecule has 0 amide bonds. The van der Waals surface area contributed by atoms with Crippen LogP contribution in [0.25, 0.3) is 0 Å². The van der Waals surface area contributed by atoms with Crippen LogP contribution in [0.2, 0.25) is 0 Å². The van der Waals surface area contributed by atoms with Crippen LogP contribution in [-0.4, -0.2) is 7.05 Å². The lowest BCUT2D eigenvalue weighted by atomic mass is 10.1. The molecule has 0 aromatic heterocycles. The average molecular weight is 270 g/mol. The van der Waals surface area contributed by atoms with E-state index in [0.29, 0.717) is 22.6 Å². The van der Waals surface area contributed by atoms with E-state index in [-0.39, 0.29) is 11.9 Å². The summed E-state index contributed by atoms with van der Waals surface area (Å²) in [6, 6.07) is 13.4. The van der Waals surface area contributed by atoms with Gasteiger partial charge in [0.2, 0.25) is 0 Å². The van der Waals surface area contributed by atoms with E-state index in [2.05, 4.69) is 5.32 Å². The Hall–Kier alpha value is -2.38. The molecule has 0 heterocycles. The molecule has 0 aliphatic carbocycles. The summed E-state index contributed by atoms with van der Waals surface area (Å²) < 4.78 is 19.7. The van der Waals surface area contributed by atoms with Gasteiger partial charge in [-0.25, -0.2) is 4.39 Å². The van der Waals surface area contributed by atoms with Gasteiger partial charge in [-0.05, 0) is 44.3 Å². The molecule has 0 saturated heterocycles. The molecule has 3 nitrogen and oxygen atoms in total. The minimum atomic E-state index is -0.319. The number of rotatable bonds is 4. The molecule has 0 saturated carbocycles. The van der Waals surface area contributed by atoms with Gasteiger partial charge in [-0.2, -0.15) is 5.26 Å². The first-order valence-corrected chi connectivity index (χ1v) is 6.29. The first-order chi connectivity index (χ1) is 9.65. The van der Waals surface area contributed by atoms with Gasteiger partial charge in [0.1, 0.15) is 17.3 Å². The quantitative estimate of drug-likeness (QED) is 0.919. The van der Waals surface area contributed by atoms with E-state index in [1.54, 1.807) is 43.4 Å². The summed E-state index contributed by atoms with van der Waals surface area (Å²) in [6.07, 6.45) is 0. The van der Waals surface area contributed by atoms with Gasteiger partial charge >= 0.3 is 0 Å². The lowest BCUT2D eigenvalue weighted by Crippen LogP contribution is -2.14. The third kappa shape index (κ3) is 2.95. The Kier molecular flexibility index (Phi) is 4.34. The molecule has 2 aromatic carbocycles. The van der Waals surface area contributed by atoms with Gasteiger partial charge in [-0.1, -0.05) is 12.1 Å². The molecule has 0 spiro atoms. The van der Waals surface area contributed by atoms with E-state index in [9.17, 15) is 4.39 Å². The Morgan fingerprint density at radius 1 is 1.25 bits per heavy atom. The summed E-state index contributed by atoms with van der Waals surface area (Å²) >= 11 is 0. The van der Waals surface area contributed by atoms with Crippen LogP contribution >= 0.6 is 0 Å². The molecule has 1 unspecified atom stereocenters. The molecule has 1 atom stereocenters. The smallest absolute Gasteiger partial charge is 0.135 e. The summed E-state index contributed by atoms with van der Waals surface area (Å²) in [4.78, 5) is 0. The molecule has 20 heavy (non-hydrogen) atoms. The van der Waals surface area contributed by atoms with Crippen molar-refractivity contribution in [3.05, 3.63) is 59.4 Å². The Morgan fingerprint density at radius 2 is 2.00 bits per heavy atom. The van der Waals surface area contributed by atoms with Crippen LogP contribution in [0.3, 0.4) is 0 Å². The molecule has 2 rings (SSSR count). The number of nitriles is 1. The molecular formula is C16H15FN2O. The first kappa shape index (κ1) is 14.0. The van der Waals surface area contributed by atoms with Gasteiger partial charge in [0.25, 0.3) is 0 Å². The maximum atomic E-state index is 14.0. The van der Waals surface area contributed by atoms with Gasteiger partial charge in [-0.3, -0.25) is 0 Å². The van der Waals surface area contributed by atoms with Crippen molar-refractivity contribution in [3.8, 4) is 17.6 Å². The fourth-order valence-electron chi connectivity index (χ4n) is 1.93. The predicted molar refractivity (Wildman–Crippen MR) is 75.1 cm³/mol. The normalized spacial score (nSPS) is 11.7. The second-order valence-electron chi connectivity index (χ2n) is 4.40. The van der Waals surface area contributed by atoms with Crippen molar-refractivity contribution in [2.75, 3.05) is 7.05 Å². The number of hydrogen-bond acceptors (Lipinski definition) is 3. The number of nitrogens with one attached hydrogen (secondary N) is 1. The standard InChI is InChI=1S/C16H15FN2O/c1-11(19-2)16-14(17)7-4-8-15(16)20-13-6-3-5-12(9-13)10-18/h3-9,11,19H,1-2H3. The zero-order valence-corrected chi connectivity index (χ0v) is 11.4. The summed E-state index contributed by atoms with van der Waals surface area (Å²) in [5.41, 5.74) is 0.972. The number of nitrogens with zero attached hydrogens (tertiary/aromatic N) is 1. The van der Waals surface area contributed by atoms with E-state index >= 15 is 0 Å². The van der Waals surface area contributed by atoms with Crippen molar-refractivity contribution < 1.29 is 9.13 Å². The van der Waals surface area contributed by atoms with Crippen LogP contribution in [0.15, 0.2) is 42.5 Å². The van der Waals surface area contributed by atoms with E-state index < -0.39 is 0 Å². The first-order valence-electron chi connectivity index (χ1n) is 6.29. The largest absolute Gasteiger partial charge is 0.457 e. The van der Waals surface area contributed by atoms with Crippen molar-refractivity contribution in [2.24, 2.45) is 0 Å². The van der Waals surface area contributed by atoms with Crippen molar-refractivity contribution in [2.45, 2.75) is 13.0 Å².